The number of hydrogen-bond acceptors (Lipinski definition) is 6. The number of rotatable bonds is 7. The number of hydrogen-bond donors (Lipinski definition) is 2. The van der Waals surface area contributed by atoms with Gasteiger partial charge in [-0.25, -0.2) is 19.4 Å². The van der Waals surface area contributed by atoms with E-state index in [1.54, 1.807) is 43.4 Å². The normalized spacial score (nSPS) is 13.4. The van der Waals surface area contributed by atoms with Gasteiger partial charge in [0.2, 0.25) is 0 Å². The molecule has 2 heterocycles. The molecule has 0 spiro atoms. The van der Waals surface area contributed by atoms with Crippen molar-refractivity contribution in [1.29, 1.82) is 0 Å². The van der Waals surface area contributed by atoms with Crippen LogP contribution in [-0.2, 0) is 20.7 Å². The van der Waals surface area contributed by atoms with Gasteiger partial charge in [0, 0.05) is 24.2 Å². The van der Waals surface area contributed by atoms with E-state index in [4.69, 9.17) is 9.47 Å². The Labute approximate surface area is 225 Å². The van der Waals surface area contributed by atoms with Gasteiger partial charge in [-0.1, -0.05) is 54.6 Å². The molecule has 0 saturated carbocycles. The van der Waals surface area contributed by atoms with Crippen LogP contribution >= 0.6 is 0 Å². The maximum Gasteiger partial charge on any atom is 0.407 e. The summed E-state index contributed by atoms with van der Waals surface area (Å²) in [5.41, 5.74) is 4.46. The molecule has 2 aromatic carbocycles. The molecule has 200 valence electrons. The number of nitrogens with zero attached hydrogens (tertiary/aromatic N) is 2. The predicted molar refractivity (Wildman–Crippen MR) is 144 cm³/mol. The molecule has 0 unspecified atom stereocenters. The van der Waals surface area contributed by atoms with Gasteiger partial charge in [0.1, 0.15) is 23.9 Å². The van der Waals surface area contributed by atoms with E-state index in [-0.39, 0.29) is 24.6 Å². The molecule has 1 amide bonds. The van der Waals surface area contributed by atoms with Crippen LogP contribution in [0.4, 0.5) is 4.79 Å². The molecule has 2 aromatic heterocycles. The average molecular weight is 528 g/mol. The highest BCUT2D eigenvalue weighted by Crippen LogP contribution is 2.44. The summed E-state index contributed by atoms with van der Waals surface area (Å²) in [7, 11) is 0. The summed E-state index contributed by atoms with van der Waals surface area (Å²) < 4.78 is 12.8. The highest BCUT2D eigenvalue weighted by molar-refractivity contribution is 5.86. The Morgan fingerprint density at radius 1 is 0.974 bits per heavy atom. The zero-order valence-electron chi connectivity index (χ0n) is 21.9. The average Bonchev–Trinajstić information content (AvgIpc) is 3.47. The Morgan fingerprint density at radius 2 is 1.62 bits per heavy atom. The lowest BCUT2D eigenvalue weighted by atomic mass is 9.98. The number of alkyl carbamates (subject to hydrolysis) is 1. The van der Waals surface area contributed by atoms with Gasteiger partial charge in [0.05, 0.1) is 0 Å². The molecule has 0 aliphatic heterocycles. The summed E-state index contributed by atoms with van der Waals surface area (Å²) in [6.45, 7) is 5.32. The number of benzene rings is 2. The Hall–Kier alpha value is -4.66. The third-order valence-electron chi connectivity index (χ3n) is 6.54. The first-order chi connectivity index (χ1) is 18.6. The third kappa shape index (κ3) is 5.47. The van der Waals surface area contributed by atoms with E-state index in [0.29, 0.717) is 11.3 Å². The molecule has 0 fully saturated rings. The van der Waals surface area contributed by atoms with Gasteiger partial charge in [-0.15, -0.1) is 0 Å². The number of amides is 1. The minimum Gasteiger partial charge on any atom is -0.476 e. The molecule has 0 saturated heterocycles. The van der Waals surface area contributed by atoms with Crippen molar-refractivity contribution in [2.75, 3.05) is 6.61 Å². The van der Waals surface area contributed by atoms with Crippen molar-refractivity contribution in [3.63, 3.8) is 0 Å². The van der Waals surface area contributed by atoms with E-state index < -0.39 is 29.7 Å². The number of aromatic nitrogens is 2. The van der Waals surface area contributed by atoms with E-state index in [1.807, 2.05) is 36.4 Å². The Bertz CT molecular complexity index is 1520. The van der Waals surface area contributed by atoms with Gasteiger partial charge in [0.25, 0.3) is 0 Å². The van der Waals surface area contributed by atoms with Crippen molar-refractivity contribution in [3.05, 3.63) is 95.4 Å². The van der Waals surface area contributed by atoms with Gasteiger partial charge < -0.3 is 24.3 Å². The van der Waals surface area contributed by atoms with E-state index in [2.05, 4.69) is 22.4 Å². The van der Waals surface area contributed by atoms with Crippen LogP contribution in [0.5, 0.6) is 0 Å². The first-order valence-corrected chi connectivity index (χ1v) is 12.7. The molecule has 9 nitrogen and oxygen atoms in total. The molecule has 39 heavy (non-hydrogen) atoms. The van der Waals surface area contributed by atoms with E-state index >= 15 is 0 Å². The second kappa shape index (κ2) is 10.2. The van der Waals surface area contributed by atoms with Crippen LogP contribution in [0.15, 0.2) is 72.9 Å². The number of carboxylic acids is 1. The topological polar surface area (TPSA) is 119 Å². The van der Waals surface area contributed by atoms with Crippen molar-refractivity contribution in [3.8, 4) is 11.1 Å². The number of carboxylic acid groups (broad SMARTS) is 1. The molecule has 2 N–H and O–H groups in total. The first-order valence-electron chi connectivity index (χ1n) is 12.7. The quantitative estimate of drug-likeness (QED) is 0.331. The summed E-state index contributed by atoms with van der Waals surface area (Å²) in [5.74, 6) is -1.92. The minimum absolute atomic E-state index is 0.0336. The fraction of sp³-hybridized carbons (Fsp3) is 0.267. The lowest BCUT2D eigenvalue weighted by Crippen LogP contribution is -2.46. The summed E-state index contributed by atoms with van der Waals surface area (Å²) in [4.78, 5) is 41.7. The van der Waals surface area contributed by atoms with E-state index in [9.17, 15) is 19.5 Å². The lowest BCUT2D eigenvalue weighted by Gasteiger charge is -2.25. The molecule has 1 atom stereocenters. The predicted octanol–water partition coefficient (Wildman–Crippen LogP) is 4.82. The zero-order valence-corrected chi connectivity index (χ0v) is 21.9. The van der Waals surface area contributed by atoms with Crippen LogP contribution in [0.2, 0.25) is 0 Å². The summed E-state index contributed by atoms with van der Waals surface area (Å²) in [5, 5.41) is 12.0. The van der Waals surface area contributed by atoms with Crippen LogP contribution < -0.4 is 5.32 Å². The van der Waals surface area contributed by atoms with Crippen LogP contribution in [0.1, 0.15) is 54.0 Å². The number of ether oxygens (including phenoxy) is 2. The second-order valence-electron chi connectivity index (χ2n) is 10.4. The Balaban J connectivity index is 1.35. The maximum atomic E-state index is 13.1. The fourth-order valence-electron chi connectivity index (χ4n) is 4.89. The van der Waals surface area contributed by atoms with E-state index in [0.717, 1.165) is 22.3 Å². The summed E-state index contributed by atoms with van der Waals surface area (Å²) in [6.07, 6.45) is 0.662. The Morgan fingerprint density at radius 3 is 2.23 bits per heavy atom. The lowest BCUT2D eigenvalue weighted by molar-refractivity contribution is -0.157. The van der Waals surface area contributed by atoms with Gasteiger partial charge in [-0.2, -0.15) is 0 Å². The number of nitrogens with one attached hydrogen (secondary N) is 1. The van der Waals surface area contributed by atoms with Crippen molar-refractivity contribution in [2.45, 2.75) is 44.8 Å². The number of pyridine rings is 1. The number of esters is 1. The van der Waals surface area contributed by atoms with Gasteiger partial charge in [-0.3, -0.25) is 0 Å². The van der Waals surface area contributed by atoms with Gasteiger partial charge in [-0.05, 0) is 55.2 Å². The molecule has 1 aliphatic rings. The van der Waals surface area contributed by atoms with Crippen molar-refractivity contribution >= 4 is 23.7 Å². The Kier molecular flexibility index (Phi) is 6.82. The maximum absolute atomic E-state index is 13.1. The molecule has 4 aromatic rings. The number of carbonyl (C=O) groups is 3. The molecule has 0 radical (unpaired) electrons. The molecule has 0 bridgehead atoms. The van der Waals surface area contributed by atoms with Gasteiger partial charge in [0.15, 0.2) is 5.69 Å². The van der Waals surface area contributed by atoms with Crippen LogP contribution in [0.25, 0.3) is 16.8 Å². The third-order valence-corrected chi connectivity index (χ3v) is 6.54. The van der Waals surface area contributed by atoms with Crippen LogP contribution in [-0.4, -0.2) is 50.8 Å². The smallest absolute Gasteiger partial charge is 0.407 e. The summed E-state index contributed by atoms with van der Waals surface area (Å²) in [6, 6.07) is 20.1. The standard InChI is InChI=1S/C30H29N3O6/c1-30(2,3)39-28(36)24(15-18-9-8-14-26-31-25(27(34)35)16-33(18)26)32-29(37)38-17-23-21-12-6-4-10-19(21)20-11-5-7-13-22(20)23/h4-14,16,23-24H,15,17H2,1-3H3,(H,32,37)(H,34,35)/t24-/m0/s1. The largest absolute Gasteiger partial charge is 0.476 e. The van der Waals surface area contributed by atoms with Gasteiger partial charge >= 0.3 is 18.0 Å². The minimum atomic E-state index is -1.16. The molecule has 5 rings (SSSR count). The molecule has 9 heteroatoms. The molecule has 1 aliphatic carbocycles. The van der Waals surface area contributed by atoms with Crippen molar-refractivity contribution in [1.82, 2.24) is 14.7 Å². The molecular formula is C30H29N3O6. The second-order valence-corrected chi connectivity index (χ2v) is 10.4. The van der Waals surface area contributed by atoms with E-state index in [1.165, 1.54) is 6.20 Å². The first kappa shape index (κ1) is 26.0. The molecular weight excluding hydrogens is 498 g/mol. The van der Waals surface area contributed by atoms with Crippen molar-refractivity contribution < 1.29 is 29.0 Å². The highest BCUT2D eigenvalue weighted by atomic mass is 16.6. The monoisotopic (exact) mass is 527 g/mol. The summed E-state index contributed by atoms with van der Waals surface area (Å²) >= 11 is 0. The number of carbonyl (C=O) groups excluding carboxylic acids is 2. The number of fused-ring (bicyclic) bond motifs is 4. The SMILES string of the molecule is CC(C)(C)OC(=O)[C@H](Cc1cccc2nc(C(=O)O)cn12)NC(=O)OCC1c2ccccc2-c2ccccc21. The fourth-order valence-corrected chi connectivity index (χ4v) is 4.89. The van der Waals surface area contributed by atoms with Crippen molar-refractivity contribution in [2.24, 2.45) is 0 Å². The van der Waals surface area contributed by atoms with Crippen LogP contribution in [0.3, 0.4) is 0 Å². The van der Waals surface area contributed by atoms with Crippen LogP contribution in [0, 0.1) is 0 Å². The highest BCUT2D eigenvalue weighted by Gasteiger charge is 2.31. The zero-order chi connectivity index (χ0) is 27.7. The number of aromatic carboxylic acids is 1. The number of imidazole rings is 1.